The molecule has 0 aliphatic rings. The first-order valence-corrected chi connectivity index (χ1v) is 5.85. The summed E-state index contributed by atoms with van der Waals surface area (Å²) >= 11 is 6.13. The Labute approximate surface area is 108 Å². The first-order valence-electron chi connectivity index (χ1n) is 5.47. The Hall–Kier alpha value is -1.88. The topological polar surface area (TPSA) is 52.3 Å². The third-order valence-electron chi connectivity index (χ3n) is 2.88. The fourth-order valence-electron chi connectivity index (χ4n) is 2.10. The third kappa shape index (κ3) is 1.44. The third-order valence-corrected chi connectivity index (χ3v) is 3.13. The molecule has 0 saturated carbocycles. The zero-order chi connectivity index (χ0) is 12.9. The number of hydrogen-bond acceptors (Lipinski definition) is 4. The summed E-state index contributed by atoms with van der Waals surface area (Å²) in [5.41, 5.74) is 3.25. The van der Waals surface area contributed by atoms with E-state index in [2.05, 4.69) is 15.2 Å². The number of fused-ring (bicyclic) bond motifs is 3. The van der Waals surface area contributed by atoms with E-state index in [1.54, 1.807) is 7.11 Å². The van der Waals surface area contributed by atoms with Gasteiger partial charge in [0.1, 0.15) is 17.1 Å². The number of methoxy groups -OCH3 is 1. The second-order valence-corrected chi connectivity index (χ2v) is 4.50. The molecule has 0 amide bonds. The molecule has 0 bridgehead atoms. The van der Waals surface area contributed by atoms with E-state index in [-0.39, 0.29) is 0 Å². The molecule has 0 spiro atoms. The highest BCUT2D eigenvalue weighted by Gasteiger charge is 2.14. The summed E-state index contributed by atoms with van der Waals surface area (Å²) in [5, 5.41) is 8.39. The Morgan fingerprint density at radius 1 is 1.22 bits per heavy atom. The number of aryl methyl sites for hydroxylation is 2. The summed E-state index contributed by atoms with van der Waals surface area (Å²) in [4.78, 5) is 4.35. The van der Waals surface area contributed by atoms with Crippen LogP contribution in [0.5, 0.6) is 5.75 Å². The fourth-order valence-corrected chi connectivity index (χ4v) is 2.30. The Kier molecular flexibility index (Phi) is 2.38. The lowest BCUT2D eigenvalue weighted by atomic mass is 10.2. The van der Waals surface area contributed by atoms with Gasteiger partial charge in [-0.15, -0.1) is 10.2 Å². The summed E-state index contributed by atoms with van der Waals surface area (Å²) in [5.74, 6) is 1.47. The number of hydrogen-bond donors (Lipinski definition) is 0. The Bertz CT molecular complexity index is 766. The minimum atomic E-state index is 0.324. The summed E-state index contributed by atoms with van der Waals surface area (Å²) in [6, 6.07) is 3.95. The summed E-state index contributed by atoms with van der Waals surface area (Å²) in [6.45, 7) is 3.88. The number of halogens is 1. The van der Waals surface area contributed by atoms with Crippen molar-refractivity contribution in [3.63, 3.8) is 0 Å². The highest BCUT2D eigenvalue weighted by molar-refractivity contribution is 6.32. The van der Waals surface area contributed by atoms with E-state index in [1.165, 1.54) is 0 Å². The van der Waals surface area contributed by atoms with E-state index in [4.69, 9.17) is 16.3 Å². The SMILES string of the molecule is COc1cc(C)cc2c1nc(Cl)c1nnc(C)n12. The van der Waals surface area contributed by atoms with Crippen LogP contribution in [0.4, 0.5) is 0 Å². The van der Waals surface area contributed by atoms with E-state index in [0.29, 0.717) is 22.1 Å². The molecule has 18 heavy (non-hydrogen) atoms. The van der Waals surface area contributed by atoms with Crippen molar-refractivity contribution in [2.75, 3.05) is 7.11 Å². The maximum Gasteiger partial charge on any atom is 0.199 e. The van der Waals surface area contributed by atoms with Crippen molar-refractivity contribution < 1.29 is 4.74 Å². The molecule has 2 aromatic heterocycles. The lowest BCUT2D eigenvalue weighted by molar-refractivity contribution is 0.418. The molecule has 0 saturated heterocycles. The van der Waals surface area contributed by atoms with Gasteiger partial charge >= 0.3 is 0 Å². The predicted octanol–water partition coefficient (Wildman–Crippen LogP) is 2.56. The first-order chi connectivity index (χ1) is 8.61. The number of benzene rings is 1. The molecule has 2 heterocycles. The zero-order valence-electron chi connectivity index (χ0n) is 10.2. The van der Waals surface area contributed by atoms with Gasteiger partial charge in [0, 0.05) is 0 Å². The van der Waals surface area contributed by atoms with Gasteiger partial charge in [0.15, 0.2) is 10.8 Å². The lowest BCUT2D eigenvalue weighted by Crippen LogP contribution is -1.98. The van der Waals surface area contributed by atoms with Gasteiger partial charge in [0.2, 0.25) is 0 Å². The molecule has 6 heteroatoms. The van der Waals surface area contributed by atoms with Gasteiger partial charge in [0.05, 0.1) is 12.6 Å². The molecule has 0 unspecified atom stereocenters. The van der Waals surface area contributed by atoms with Gasteiger partial charge in [-0.25, -0.2) is 4.98 Å². The Morgan fingerprint density at radius 2 is 2.00 bits per heavy atom. The van der Waals surface area contributed by atoms with Crippen LogP contribution < -0.4 is 4.74 Å². The highest BCUT2D eigenvalue weighted by atomic mass is 35.5. The Morgan fingerprint density at radius 3 is 2.72 bits per heavy atom. The number of aromatic nitrogens is 4. The highest BCUT2D eigenvalue weighted by Crippen LogP contribution is 2.29. The minimum Gasteiger partial charge on any atom is -0.494 e. The molecule has 0 radical (unpaired) electrons. The summed E-state index contributed by atoms with van der Waals surface area (Å²) in [6.07, 6.45) is 0. The quantitative estimate of drug-likeness (QED) is 0.676. The van der Waals surface area contributed by atoms with E-state index in [0.717, 1.165) is 16.9 Å². The van der Waals surface area contributed by atoms with Gasteiger partial charge in [0.25, 0.3) is 0 Å². The number of ether oxygens (including phenoxy) is 1. The number of rotatable bonds is 1. The lowest BCUT2D eigenvalue weighted by Gasteiger charge is -2.09. The molecular formula is C12H11ClN4O. The molecule has 5 nitrogen and oxygen atoms in total. The van der Waals surface area contributed by atoms with Gasteiger partial charge < -0.3 is 4.74 Å². The van der Waals surface area contributed by atoms with E-state index < -0.39 is 0 Å². The van der Waals surface area contributed by atoms with Crippen LogP contribution in [0, 0.1) is 13.8 Å². The zero-order valence-corrected chi connectivity index (χ0v) is 11.0. The van der Waals surface area contributed by atoms with Gasteiger partial charge in [-0.05, 0) is 31.5 Å². The van der Waals surface area contributed by atoms with Crippen LogP contribution >= 0.6 is 11.6 Å². The van der Waals surface area contributed by atoms with Crippen molar-refractivity contribution in [1.82, 2.24) is 19.6 Å². The largest absolute Gasteiger partial charge is 0.494 e. The Balaban J connectivity index is 2.61. The molecule has 0 aliphatic heterocycles. The van der Waals surface area contributed by atoms with E-state index in [1.807, 2.05) is 30.4 Å². The standard InChI is InChI=1S/C12H11ClN4O/c1-6-4-8-10(9(5-6)18-3)14-11(13)12-16-15-7(2)17(8)12/h4-5H,1-3H3. The molecule has 3 rings (SSSR count). The van der Waals surface area contributed by atoms with Gasteiger partial charge in [-0.1, -0.05) is 11.6 Å². The fraction of sp³-hybridized carbons (Fsp3) is 0.250. The summed E-state index contributed by atoms with van der Waals surface area (Å²) < 4.78 is 7.24. The second kappa shape index (κ2) is 3.81. The molecule has 92 valence electrons. The average Bonchev–Trinajstić information content (AvgIpc) is 2.73. The van der Waals surface area contributed by atoms with Crippen LogP contribution in [0.2, 0.25) is 5.15 Å². The van der Waals surface area contributed by atoms with E-state index >= 15 is 0 Å². The molecule has 0 atom stereocenters. The van der Waals surface area contributed by atoms with Crippen LogP contribution in [-0.4, -0.2) is 26.7 Å². The normalized spacial score (nSPS) is 11.3. The average molecular weight is 263 g/mol. The maximum absolute atomic E-state index is 6.13. The van der Waals surface area contributed by atoms with Crippen LogP contribution in [0.3, 0.4) is 0 Å². The maximum atomic E-state index is 6.13. The molecule has 1 aromatic carbocycles. The molecule has 0 aliphatic carbocycles. The van der Waals surface area contributed by atoms with Crippen molar-refractivity contribution in [2.24, 2.45) is 0 Å². The first kappa shape index (κ1) is 11.2. The predicted molar refractivity (Wildman–Crippen MR) is 69.3 cm³/mol. The van der Waals surface area contributed by atoms with Crippen molar-refractivity contribution in [3.05, 3.63) is 28.7 Å². The van der Waals surface area contributed by atoms with Crippen molar-refractivity contribution >= 4 is 28.3 Å². The smallest absolute Gasteiger partial charge is 0.199 e. The molecular weight excluding hydrogens is 252 g/mol. The van der Waals surface area contributed by atoms with Crippen LogP contribution in [0.1, 0.15) is 11.4 Å². The van der Waals surface area contributed by atoms with Crippen LogP contribution in [-0.2, 0) is 0 Å². The van der Waals surface area contributed by atoms with Crippen molar-refractivity contribution in [2.45, 2.75) is 13.8 Å². The van der Waals surface area contributed by atoms with Gasteiger partial charge in [-0.3, -0.25) is 4.40 Å². The monoisotopic (exact) mass is 262 g/mol. The second-order valence-electron chi connectivity index (χ2n) is 4.14. The van der Waals surface area contributed by atoms with Crippen LogP contribution in [0.15, 0.2) is 12.1 Å². The van der Waals surface area contributed by atoms with E-state index in [9.17, 15) is 0 Å². The molecule has 3 aromatic rings. The number of nitrogens with zero attached hydrogens (tertiary/aromatic N) is 4. The summed E-state index contributed by atoms with van der Waals surface area (Å²) in [7, 11) is 1.62. The van der Waals surface area contributed by atoms with Crippen molar-refractivity contribution in [3.8, 4) is 5.75 Å². The van der Waals surface area contributed by atoms with Gasteiger partial charge in [-0.2, -0.15) is 0 Å². The molecule has 0 N–H and O–H groups in total. The van der Waals surface area contributed by atoms with Crippen LogP contribution in [0.25, 0.3) is 16.7 Å². The van der Waals surface area contributed by atoms with Crippen molar-refractivity contribution in [1.29, 1.82) is 0 Å². The molecule has 0 fully saturated rings. The minimum absolute atomic E-state index is 0.324.